The molecule has 1 aromatic rings. The first-order valence-electron chi connectivity index (χ1n) is 7.58. The number of methoxy groups -OCH3 is 1. The molecule has 1 saturated heterocycles. The van der Waals surface area contributed by atoms with Gasteiger partial charge in [0.25, 0.3) is 5.91 Å². The maximum Gasteiger partial charge on any atom is 0.329 e. The number of rotatable bonds is 7. The molecule has 0 aliphatic carbocycles. The Morgan fingerprint density at radius 3 is 2.67 bits per heavy atom. The van der Waals surface area contributed by atoms with Crippen molar-refractivity contribution in [1.29, 1.82) is 0 Å². The van der Waals surface area contributed by atoms with Crippen LogP contribution in [0.4, 0.5) is 0 Å². The van der Waals surface area contributed by atoms with E-state index < -0.39 is 17.4 Å². The van der Waals surface area contributed by atoms with E-state index >= 15 is 0 Å². The number of hydrogen-bond donors (Lipinski definition) is 2. The lowest BCUT2D eigenvalue weighted by atomic mass is 9.92. The molecule has 6 nitrogen and oxygen atoms in total. The minimum atomic E-state index is -1.20. The number of benzene rings is 1. The van der Waals surface area contributed by atoms with Gasteiger partial charge in [-0.1, -0.05) is 12.7 Å². The van der Waals surface area contributed by atoms with Crippen LogP contribution in [0.5, 0.6) is 11.5 Å². The van der Waals surface area contributed by atoms with Crippen LogP contribution in [0.2, 0.25) is 0 Å². The maximum absolute atomic E-state index is 12.5. The molecule has 0 atom stereocenters. The lowest BCUT2D eigenvalue weighted by molar-refractivity contribution is -0.144. The van der Waals surface area contributed by atoms with Crippen molar-refractivity contribution in [1.82, 2.24) is 5.32 Å². The lowest BCUT2D eigenvalue weighted by Crippen LogP contribution is -2.56. The minimum absolute atomic E-state index is 0.321. The van der Waals surface area contributed by atoms with Gasteiger partial charge in [0, 0.05) is 5.56 Å². The zero-order valence-electron chi connectivity index (χ0n) is 13.5. The lowest BCUT2D eigenvalue weighted by Gasteiger charge is -2.33. The molecular weight excluding hydrogens is 330 g/mol. The van der Waals surface area contributed by atoms with E-state index in [1.165, 1.54) is 7.11 Å². The Morgan fingerprint density at radius 2 is 2.08 bits per heavy atom. The van der Waals surface area contributed by atoms with E-state index in [2.05, 4.69) is 11.9 Å². The van der Waals surface area contributed by atoms with Gasteiger partial charge in [0.15, 0.2) is 11.5 Å². The number of amides is 1. The summed E-state index contributed by atoms with van der Waals surface area (Å²) >= 11 is 1.69. The second-order valence-corrected chi connectivity index (χ2v) is 6.64. The number of hydrogen-bond acceptors (Lipinski definition) is 5. The SMILES string of the molecule is C=CCOc1ccc(C(=O)NC2(C(=O)O)CCSCC2)cc1OC. The van der Waals surface area contributed by atoms with Crippen LogP contribution < -0.4 is 14.8 Å². The third-order valence-corrected chi connectivity index (χ3v) is 4.88. The standard InChI is InChI=1S/C17H21NO5S/c1-3-8-23-13-5-4-12(11-14(13)22-2)15(19)18-17(16(20)21)6-9-24-10-7-17/h3-5,11H,1,6-10H2,2H3,(H,18,19)(H,20,21). The van der Waals surface area contributed by atoms with Crippen molar-refractivity contribution >= 4 is 23.6 Å². The Bertz CT molecular complexity index is 625. The summed E-state index contributed by atoms with van der Waals surface area (Å²) in [6.45, 7) is 3.90. The van der Waals surface area contributed by atoms with E-state index in [1.807, 2.05) is 0 Å². The molecule has 2 rings (SSSR count). The molecule has 1 aromatic carbocycles. The van der Waals surface area contributed by atoms with E-state index in [4.69, 9.17) is 9.47 Å². The molecule has 1 fully saturated rings. The number of carboxylic acids is 1. The number of carbonyl (C=O) groups is 2. The van der Waals surface area contributed by atoms with Crippen molar-refractivity contribution in [3.8, 4) is 11.5 Å². The Balaban J connectivity index is 2.19. The third-order valence-electron chi connectivity index (χ3n) is 3.89. The summed E-state index contributed by atoms with van der Waals surface area (Å²) in [7, 11) is 1.48. The van der Waals surface area contributed by atoms with Crippen LogP contribution in [0.15, 0.2) is 30.9 Å². The predicted octanol–water partition coefficient (Wildman–Crippen LogP) is 2.34. The Morgan fingerprint density at radius 1 is 1.38 bits per heavy atom. The summed E-state index contributed by atoms with van der Waals surface area (Å²) in [5, 5.41) is 12.2. The first kappa shape index (κ1) is 18.2. The molecule has 0 bridgehead atoms. The molecule has 1 heterocycles. The molecule has 24 heavy (non-hydrogen) atoms. The van der Waals surface area contributed by atoms with E-state index in [0.717, 1.165) is 0 Å². The van der Waals surface area contributed by atoms with Crippen molar-refractivity contribution in [2.45, 2.75) is 18.4 Å². The highest BCUT2D eigenvalue weighted by atomic mass is 32.2. The molecule has 130 valence electrons. The molecule has 0 saturated carbocycles. The van der Waals surface area contributed by atoms with E-state index in [1.54, 1.807) is 36.0 Å². The van der Waals surface area contributed by atoms with Crippen LogP contribution >= 0.6 is 11.8 Å². The second kappa shape index (κ2) is 8.10. The number of aliphatic carboxylic acids is 1. The highest BCUT2D eigenvalue weighted by Crippen LogP contribution is 2.30. The maximum atomic E-state index is 12.5. The fourth-order valence-corrected chi connectivity index (χ4v) is 3.67. The number of carboxylic acid groups (broad SMARTS) is 1. The molecule has 0 spiro atoms. The zero-order chi connectivity index (χ0) is 17.6. The number of carbonyl (C=O) groups excluding carboxylic acids is 1. The van der Waals surface area contributed by atoms with Gasteiger partial charge >= 0.3 is 5.97 Å². The van der Waals surface area contributed by atoms with Gasteiger partial charge in [-0.05, 0) is 42.5 Å². The Hall–Kier alpha value is -2.15. The van der Waals surface area contributed by atoms with Crippen molar-refractivity contribution in [2.75, 3.05) is 25.2 Å². The average molecular weight is 351 g/mol. The average Bonchev–Trinajstić information content (AvgIpc) is 2.60. The molecule has 1 aliphatic heterocycles. The Kier molecular flexibility index (Phi) is 6.14. The molecule has 7 heteroatoms. The van der Waals surface area contributed by atoms with Gasteiger partial charge < -0.3 is 19.9 Å². The van der Waals surface area contributed by atoms with Gasteiger partial charge in [-0.3, -0.25) is 4.79 Å². The summed E-state index contributed by atoms with van der Waals surface area (Å²) in [6, 6.07) is 4.76. The molecule has 0 unspecified atom stereocenters. The molecular formula is C17H21NO5S. The van der Waals surface area contributed by atoms with Crippen LogP contribution in [-0.4, -0.2) is 47.7 Å². The van der Waals surface area contributed by atoms with Crippen LogP contribution in [-0.2, 0) is 4.79 Å². The van der Waals surface area contributed by atoms with Gasteiger partial charge in [0.05, 0.1) is 7.11 Å². The second-order valence-electron chi connectivity index (χ2n) is 5.42. The van der Waals surface area contributed by atoms with E-state index in [-0.39, 0.29) is 0 Å². The van der Waals surface area contributed by atoms with Crippen molar-refractivity contribution in [3.63, 3.8) is 0 Å². The summed E-state index contributed by atoms with van der Waals surface area (Å²) in [5.41, 5.74) is -0.871. The predicted molar refractivity (Wildman–Crippen MR) is 93.1 cm³/mol. The first-order chi connectivity index (χ1) is 11.5. The van der Waals surface area contributed by atoms with Gasteiger partial charge in [-0.2, -0.15) is 11.8 Å². The quantitative estimate of drug-likeness (QED) is 0.734. The number of thioether (sulfide) groups is 1. The fraction of sp³-hybridized carbons (Fsp3) is 0.412. The smallest absolute Gasteiger partial charge is 0.329 e. The Labute approximate surface area is 145 Å². The monoisotopic (exact) mass is 351 g/mol. The van der Waals surface area contributed by atoms with E-state index in [9.17, 15) is 14.7 Å². The highest BCUT2D eigenvalue weighted by Gasteiger charge is 2.41. The minimum Gasteiger partial charge on any atom is -0.493 e. The summed E-state index contributed by atoms with van der Waals surface area (Å²) in [6.07, 6.45) is 2.44. The van der Waals surface area contributed by atoms with Gasteiger partial charge in [-0.15, -0.1) is 0 Å². The number of ether oxygens (including phenoxy) is 2. The fourth-order valence-electron chi connectivity index (χ4n) is 2.48. The molecule has 0 aromatic heterocycles. The van der Waals surface area contributed by atoms with Crippen LogP contribution in [0.3, 0.4) is 0 Å². The molecule has 1 aliphatic rings. The third kappa shape index (κ3) is 4.03. The van der Waals surface area contributed by atoms with E-state index in [0.29, 0.717) is 48.0 Å². The van der Waals surface area contributed by atoms with Crippen molar-refractivity contribution < 1.29 is 24.2 Å². The topological polar surface area (TPSA) is 84.9 Å². The highest BCUT2D eigenvalue weighted by molar-refractivity contribution is 7.99. The van der Waals surface area contributed by atoms with Gasteiger partial charge in [0.1, 0.15) is 12.1 Å². The number of nitrogens with one attached hydrogen (secondary N) is 1. The summed E-state index contributed by atoms with van der Waals surface area (Å²) in [5.74, 6) is 0.907. The summed E-state index contributed by atoms with van der Waals surface area (Å²) in [4.78, 5) is 24.2. The van der Waals surface area contributed by atoms with Crippen LogP contribution in [0, 0.1) is 0 Å². The molecule has 2 N–H and O–H groups in total. The van der Waals surface area contributed by atoms with Crippen molar-refractivity contribution in [3.05, 3.63) is 36.4 Å². The summed E-state index contributed by atoms with van der Waals surface area (Å²) < 4.78 is 10.7. The van der Waals surface area contributed by atoms with Gasteiger partial charge in [-0.25, -0.2) is 4.79 Å². The van der Waals surface area contributed by atoms with Crippen LogP contribution in [0.1, 0.15) is 23.2 Å². The molecule has 1 amide bonds. The first-order valence-corrected chi connectivity index (χ1v) is 8.73. The van der Waals surface area contributed by atoms with Crippen molar-refractivity contribution in [2.24, 2.45) is 0 Å². The molecule has 0 radical (unpaired) electrons. The van der Waals surface area contributed by atoms with Crippen LogP contribution in [0.25, 0.3) is 0 Å². The zero-order valence-corrected chi connectivity index (χ0v) is 14.4. The normalized spacial score (nSPS) is 16.0. The van der Waals surface area contributed by atoms with Gasteiger partial charge in [0.2, 0.25) is 0 Å². The largest absolute Gasteiger partial charge is 0.493 e.